The molecule has 2 aromatic heterocycles. The summed E-state index contributed by atoms with van der Waals surface area (Å²) in [6, 6.07) is 9.01. The monoisotopic (exact) mass is 385 g/mol. The van der Waals surface area contributed by atoms with E-state index in [-0.39, 0.29) is 4.90 Å². The van der Waals surface area contributed by atoms with Gasteiger partial charge >= 0.3 is 0 Å². The molecule has 0 spiro atoms. The van der Waals surface area contributed by atoms with Crippen LogP contribution in [0.2, 0.25) is 0 Å². The summed E-state index contributed by atoms with van der Waals surface area (Å²) in [5, 5.41) is 5.21. The van der Waals surface area contributed by atoms with Gasteiger partial charge in [0.05, 0.1) is 11.2 Å². The molecule has 0 atom stereocenters. The second-order valence-electron chi connectivity index (χ2n) is 6.92. The summed E-state index contributed by atoms with van der Waals surface area (Å²) in [5.41, 5.74) is 2.75. The zero-order chi connectivity index (χ0) is 19.0. The predicted octanol–water partition coefficient (Wildman–Crippen LogP) is 1.78. The predicted molar refractivity (Wildman–Crippen MR) is 104 cm³/mol. The maximum atomic E-state index is 13.2. The zero-order valence-electron chi connectivity index (χ0n) is 15.5. The summed E-state index contributed by atoms with van der Waals surface area (Å²) in [6.07, 6.45) is 3.66. The number of pyridine rings is 1. The molecule has 0 aliphatic carbocycles. The molecule has 0 unspecified atom stereocenters. The number of hydrogen-bond acceptors (Lipinski definition) is 5. The van der Waals surface area contributed by atoms with Crippen LogP contribution in [0.15, 0.2) is 47.6 Å². The first kappa shape index (κ1) is 18.1. The lowest BCUT2D eigenvalue weighted by molar-refractivity contribution is 0.181. The number of piperazine rings is 1. The Labute approximate surface area is 159 Å². The Morgan fingerprint density at radius 2 is 1.81 bits per heavy atom. The van der Waals surface area contributed by atoms with Gasteiger partial charge in [0.1, 0.15) is 4.90 Å². The molecular formula is C19H23N5O2S. The van der Waals surface area contributed by atoms with E-state index in [1.54, 1.807) is 22.6 Å². The van der Waals surface area contributed by atoms with Crippen LogP contribution in [-0.2, 0) is 23.6 Å². The Kier molecular flexibility index (Phi) is 4.71. The average molecular weight is 385 g/mol. The fourth-order valence-corrected chi connectivity index (χ4v) is 5.18. The van der Waals surface area contributed by atoms with Crippen LogP contribution in [0.25, 0.3) is 10.9 Å². The second kappa shape index (κ2) is 7.03. The molecule has 0 bridgehead atoms. The lowest BCUT2D eigenvalue weighted by atomic mass is 10.2. The van der Waals surface area contributed by atoms with Crippen molar-refractivity contribution in [1.82, 2.24) is 24.0 Å². The van der Waals surface area contributed by atoms with E-state index < -0.39 is 10.0 Å². The van der Waals surface area contributed by atoms with Crippen molar-refractivity contribution >= 4 is 20.9 Å². The molecule has 1 aliphatic heterocycles. The highest BCUT2D eigenvalue weighted by molar-refractivity contribution is 7.89. The highest BCUT2D eigenvalue weighted by Crippen LogP contribution is 2.25. The minimum Gasteiger partial charge on any atom is -0.296 e. The Hall–Kier alpha value is -2.29. The lowest BCUT2D eigenvalue weighted by Gasteiger charge is -2.34. The van der Waals surface area contributed by atoms with Crippen molar-refractivity contribution in [3.8, 4) is 0 Å². The molecule has 0 saturated carbocycles. The molecule has 4 rings (SSSR count). The molecule has 1 aliphatic rings. The summed E-state index contributed by atoms with van der Waals surface area (Å²) < 4.78 is 29.7. The molecule has 0 N–H and O–H groups in total. The van der Waals surface area contributed by atoms with Crippen molar-refractivity contribution in [3.63, 3.8) is 0 Å². The number of para-hydroxylation sites is 1. The lowest BCUT2D eigenvalue weighted by Crippen LogP contribution is -2.48. The summed E-state index contributed by atoms with van der Waals surface area (Å²) >= 11 is 0. The van der Waals surface area contributed by atoms with E-state index >= 15 is 0 Å². The van der Waals surface area contributed by atoms with E-state index in [1.807, 2.05) is 43.0 Å². The quantitative estimate of drug-likeness (QED) is 0.685. The zero-order valence-corrected chi connectivity index (χ0v) is 16.4. The van der Waals surface area contributed by atoms with E-state index in [9.17, 15) is 8.42 Å². The molecule has 7 nitrogen and oxygen atoms in total. The normalized spacial score (nSPS) is 16.8. The van der Waals surface area contributed by atoms with Gasteiger partial charge in [0.15, 0.2) is 0 Å². The molecule has 3 aromatic rings. The van der Waals surface area contributed by atoms with Gasteiger partial charge in [-0.3, -0.25) is 14.6 Å². The maximum Gasteiger partial charge on any atom is 0.245 e. The van der Waals surface area contributed by atoms with Crippen LogP contribution in [0.1, 0.15) is 11.3 Å². The third kappa shape index (κ3) is 3.47. The van der Waals surface area contributed by atoms with Crippen LogP contribution in [0.3, 0.4) is 0 Å². The van der Waals surface area contributed by atoms with Crippen LogP contribution in [0.5, 0.6) is 0 Å². The van der Waals surface area contributed by atoms with E-state index in [0.29, 0.717) is 31.7 Å². The number of nitrogens with zero attached hydrogens (tertiary/aromatic N) is 5. The highest BCUT2D eigenvalue weighted by Gasteiger charge is 2.30. The summed E-state index contributed by atoms with van der Waals surface area (Å²) in [7, 11) is -1.65. The van der Waals surface area contributed by atoms with Crippen molar-refractivity contribution < 1.29 is 8.42 Å². The molecule has 1 fully saturated rings. The van der Waals surface area contributed by atoms with Crippen molar-refractivity contribution in [3.05, 3.63) is 54.0 Å². The minimum atomic E-state index is -3.56. The van der Waals surface area contributed by atoms with E-state index in [2.05, 4.69) is 15.0 Å². The highest BCUT2D eigenvalue weighted by atomic mass is 32.2. The van der Waals surface area contributed by atoms with E-state index in [1.165, 1.54) is 5.56 Å². The van der Waals surface area contributed by atoms with Gasteiger partial charge in [0, 0.05) is 63.1 Å². The van der Waals surface area contributed by atoms with Crippen LogP contribution >= 0.6 is 0 Å². The van der Waals surface area contributed by atoms with Gasteiger partial charge in [-0.2, -0.15) is 9.40 Å². The van der Waals surface area contributed by atoms with Crippen molar-refractivity contribution in [2.24, 2.45) is 7.05 Å². The van der Waals surface area contributed by atoms with Gasteiger partial charge in [-0.1, -0.05) is 18.2 Å². The van der Waals surface area contributed by atoms with Crippen molar-refractivity contribution in [2.45, 2.75) is 18.4 Å². The van der Waals surface area contributed by atoms with Gasteiger partial charge in [-0.05, 0) is 19.1 Å². The molecule has 142 valence electrons. The summed E-state index contributed by atoms with van der Waals surface area (Å²) in [6.45, 7) is 5.15. The number of fused-ring (bicyclic) bond motifs is 1. The number of aryl methyl sites for hydroxylation is 2. The average Bonchev–Trinajstić information content (AvgIpc) is 2.98. The topological polar surface area (TPSA) is 71.3 Å². The standard InChI is InChI=1S/C19H23N5O2S/c1-15-17(13-22(2)21-15)14-23-9-11-24(12-10-23)27(25,26)18-7-3-5-16-6-4-8-20-19(16)18/h3-8,13H,9-12,14H2,1-2H3. The molecule has 8 heteroatoms. The van der Waals surface area contributed by atoms with Gasteiger partial charge in [0.25, 0.3) is 0 Å². The van der Waals surface area contributed by atoms with Gasteiger partial charge in [-0.25, -0.2) is 8.42 Å². The summed E-state index contributed by atoms with van der Waals surface area (Å²) in [5.74, 6) is 0. The Morgan fingerprint density at radius 1 is 1.07 bits per heavy atom. The minimum absolute atomic E-state index is 0.289. The smallest absolute Gasteiger partial charge is 0.245 e. The van der Waals surface area contributed by atoms with Crippen molar-refractivity contribution in [2.75, 3.05) is 26.2 Å². The van der Waals surface area contributed by atoms with Crippen LogP contribution in [-0.4, -0.2) is 58.6 Å². The third-order valence-corrected chi connectivity index (χ3v) is 6.98. The number of rotatable bonds is 4. The van der Waals surface area contributed by atoms with E-state index in [0.717, 1.165) is 17.6 Å². The number of benzene rings is 1. The van der Waals surface area contributed by atoms with Gasteiger partial charge in [-0.15, -0.1) is 0 Å². The van der Waals surface area contributed by atoms with Gasteiger partial charge < -0.3 is 0 Å². The third-order valence-electron chi connectivity index (χ3n) is 5.05. The molecule has 0 radical (unpaired) electrons. The van der Waals surface area contributed by atoms with Gasteiger partial charge in [0.2, 0.25) is 10.0 Å². The maximum absolute atomic E-state index is 13.2. The van der Waals surface area contributed by atoms with Crippen LogP contribution < -0.4 is 0 Å². The Balaban J connectivity index is 1.51. The number of hydrogen-bond donors (Lipinski definition) is 0. The van der Waals surface area contributed by atoms with Crippen molar-refractivity contribution in [1.29, 1.82) is 0 Å². The number of sulfonamides is 1. The molecule has 1 saturated heterocycles. The molecule has 0 amide bonds. The number of aromatic nitrogens is 3. The Morgan fingerprint density at radius 3 is 2.52 bits per heavy atom. The van der Waals surface area contributed by atoms with E-state index in [4.69, 9.17) is 0 Å². The first-order valence-corrected chi connectivity index (χ1v) is 10.4. The Bertz CT molecular complexity index is 1060. The SMILES string of the molecule is Cc1nn(C)cc1CN1CCN(S(=O)(=O)c2cccc3cccnc23)CC1. The van der Waals surface area contributed by atoms with Crippen LogP contribution in [0, 0.1) is 6.92 Å². The molecular weight excluding hydrogens is 362 g/mol. The molecule has 1 aromatic carbocycles. The fourth-order valence-electron chi connectivity index (χ4n) is 3.60. The second-order valence-corrected chi connectivity index (χ2v) is 8.83. The van der Waals surface area contributed by atoms with Crippen LogP contribution in [0.4, 0.5) is 0 Å². The fraction of sp³-hybridized carbons (Fsp3) is 0.368. The first-order valence-electron chi connectivity index (χ1n) is 9.00. The largest absolute Gasteiger partial charge is 0.296 e. The molecule has 3 heterocycles. The first-order chi connectivity index (χ1) is 12.9. The molecule has 27 heavy (non-hydrogen) atoms. The summed E-state index contributed by atoms with van der Waals surface area (Å²) in [4.78, 5) is 6.86.